The summed E-state index contributed by atoms with van der Waals surface area (Å²) in [7, 11) is -0.737. The van der Waals surface area contributed by atoms with E-state index in [1.54, 1.807) is 13.0 Å². The van der Waals surface area contributed by atoms with Crippen molar-refractivity contribution in [1.82, 2.24) is 9.29 Å². The highest BCUT2D eigenvalue weighted by atomic mass is 35.5. The standard InChI is InChI=1S/C22H24ClN3O5S/c1-15(14-30-2)25-32(28,29)17-8-6-16(7-9-17)24-22(27)18-12-19(23)20(13-21(18)31-3)26-10-4-5-11-26/h4-13,15,25H,14H2,1-3H3,(H,24,27). The van der Waals surface area contributed by atoms with Gasteiger partial charge in [-0.1, -0.05) is 11.6 Å². The fourth-order valence-electron chi connectivity index (χ4n) is 3.11. The number of carbonyl (C=O) groups is 1. The summed E-state index contributed by atoms with van der Waals surface area (Å²) >= 11 is 6.39. The van der Waals surface area contributed by atoms with Crippen molar-refractivity contribution in [2.24, 2.45) is 0 Å². The van der Waals surface area contributed by atoms with Gasteiger partial charge in [0.05, 0.1) is 34.9 Å². The average Bonchev–Trinajstić information content (AvgIpc) is 3.28. The van der Waals surface area contributed by atoms with Gasteiger partial charge in [0.15, 0.2) is 0 Å². The van der Waals surface area contributed by atoms with Crippen molar-refractivity contribution in [3.63, 3.8) is 0 Å². The quantitative estimate of drug-likeness (QED) is 0.489. The van der Waals surface area contributed by atoms with Crippen LogP contribution >= 0.6 is 11.6 Å². The Labute approximate surface area is 192 Å². The molecule has 0 aliphatic rings. The highest BCUT2D eigenvalue weighted by Gasteiger charge is 2.19. The third-order valence-electron chi connectivity index (χ3n) is 4.59. The molecule has 0 bridgehead atoms. The van der Waals surface area contributed by atoms with Crippen LogP contribution in [0.5, 0.6) is 5.75 Å². The fraction of sp³-hybridized carbons (Fsp3) is 0.227. The van der Waals surface area contributed by atoms with Crippen LogP contribution in [-0.4, -0.2) is 45.8 Å². The topological polar surface area (TPSA) is 98.7 Å². The first-order valence-electron chi connectivity index (χ1n) is 9.68. The van der Waals surface area contributed by atoms with E-state index in [0.717, 1.165) is 0 Å². The van der Waals surface area contributed by atoms with E-state index in [-0.39, 0.29) is 23.1 Å². The first-order valence-corrected chi connectivity index (χ1v) is 11.5. The number of aromatic nitrogens is 1. The van der Waals surface area contributed by atoms with E-state index < -0.39 is 15.9 Å². The molecule has 1 aromatic heterocycles. The van der Waals surface area contributed by atoms with Crippen LogP contribution in [0.4, 0.5) is 5.69 Å². The van der Waals surface area contributed by atoms with E-state index >= 15 is 0 Å². The smallest absolute Gasteiger partial charge is 0.259 e. The Morgan fingerprint density at radius 1 is 1.12 bits per heavy atom. The van der Waals surface area contributed by atoms with Crippen molar-refractivity contribution in [2.75, 3.05) is 26.1 Å². The van der Waals surface area contributed by atoms with Gasteiger partial charge in [0.25, 0.3) is 5.91 Å². The number of nitrogens with zero attached hydrogens (tertiary/aromatic N) is 1. The molecule has 3 rings (SSSR count). The van der Waals surface area contributed by atoms with Crippen molar-refractivity contribution in [1.29, 1.82) is 0 Å². The van der Waals surface area contributed by atoms with E-state index in [4.69, 9.17) is 21.1 Å². The minimum atomic E-state index is -3.70. The summed E-state index contributed by atoms with van der Waals surface area (Å²) in [4.78, 5) is 12.9. The van der Waals surface area contributed by atoms with Crippen molar-refractivity contribution in [3.8, 4) is 11.4 Å². The van der Waals surface area contributed by atoms with Crippen LogP contribution in [0, 0.1) is 0 Å². The summed E-state index contributed by atoms with van der Waals surface area (Å²) in [5, 5.41) is 3.11. The molecule has 170 valence electrons. The molecule has 1 heterocycles. The summed E-state index contributed by atoms with van der Waals surface area (Å²) < 4.78 is 39.5. The van der Waals surface area contributed by atoms with E-state index in [1.807, 2.05) is 29.1 Å². The summed E-state index contributed by atoms with van der Waals surface area (Å²) in [6.07, 6.45) is 3.67. The van der Waals surface area contributed by atoms with Crippen LogP contribution in [0.2, 0.25) is 5.02 Å². The number of methoxy groups -OCH3 is 2. The minimum Gasteiger partial charge on any atom is -0.496 e. The Hall–Kier alpha value is -2.85. The summed E-state index contributed by atoms with van der Waals surface area (Å²) in [5.41, 5.74) is 1.35. The van der Waals surface area contributed by atoms with E-state index in [9.17, 15) is 13.2 Å². The van der Waals surface area contributed by atoms with Crippen molar-refractivity contribution in [3.05, 3.63) is 71.5 Å². The third kappa shape index (κ3) is 5.49. The molecule has 0 aliphatic heterocycles. The number of ether oxygens (including phenoxy) is 2. The molecule has 0 saturated carbocycles. The molecule has 3 aromatic rings. The molecule has 0 saturated heterocycles. The second kappa shape index (κ2) is 10.2. The molecule has 0 radical (unpaired) electrons. The van der Waals surface area contributed by atoms with Gasteiger partial charge in [-0.25, -0.2) is 13.1 Å². The van der Waals surface area contributed by atoms with Gasteiger partial charge in [-0.3, -0.25) is 4.79 Å². The highest BCUT2D eigenvalue weighted by Crippen LogP contribution is 2.30. The average molecular weight is 478 g/mol. The lowest BCUT2D eigenvalue weighted by Gasteiger charge is -2.15. The molecule has 0 spiro atoms. The van der Waals surface area contributed by atoms with Crippen LogP contribution in [0.3, 0.4) is 0 Å². The zero-order valence-corrected chi connectivity index (χ0v) is 19.4. The molecular weight excluding hydrogens is 454 g/mol. The largest absolute Gasteiger partial charge is 0.496 e. The SMILES string of the molecule is COCC(C)NS(=O)(=O)c1ccc(NC(=O)c2cc(Cl)c(-n3cccc3)cc2OC)cc1. The maximum atomic E-state index is 12.8. The zero-order chi connectivity index (χ0) is 23.3. The highest BCUT2D eigenvalue weighted by molar-refractivity contribution is 7.89. The van der Waals surface area contributed by atoms with Gasteiger partial charge in [0, 0.05) is 37.3 Å². The number of hydrogen-bond acceptors (Lipinski definition) is 5. The summed E-state index contributed by atoms with van der Waals surface area (Å²) in [6.45, 7) is 1.95. The molecule has 32 heavy (non-hydrogen) atoms. The van der Waals surface area contributed by atoms with Crippen LogP contribution in [-0.2, 0) is 14.8 Å². The monoisotopic (exact) mass is 477 g/mol. The first kappa shape index (κ1) is 23.8. The lowest BCUT2D eigenvalue weighted by atomic mass is 10.1. The molecule has 1 atom stereocenters. The molecule has 0 fully saturated rings. The van der Waals surface area contributed by atoms with Gasteiger partial charge in [0.2, 0.25) is 10.0 Å². The number of halogens is 1. The molecule has 2 aromatic carbocycles. The molecule has 8 nitrogen and oxygen atoms in total. The number of nitrogens with one attached hydrogen (secondary N) is 2. The van der Waals surface area contributed by atoms with Crippen LogP contribution in [0.1, 0.15) is 17.3 Å². The van der Waals surface area contributed by atoms with Gasteiger partial charge in [0.1, 0.15) is 5.75 Å². The molecular formula is C22H24ClN3O5S. The number of hydrogen-bond donors (Lipinski definition) is 2. The number of anilines is 1. The van der Waals surface area contributed by atoms with Crippen molar-refractivity contribution in [2.45, 2.75) is 17.9 Å². The maximum absolute atomic E-state index is 12.8. The second-order valence-electron chi connectivity index (χ2n) is 7.05. The normalized spacial score (nSPS) is 12.4. The van der Waals surface area contributed by atoms with Gasteiger partial charge in [-0.05, 0) is 49.4 Å². The van der Waals surface area contributed by atoms with E-state index in [2.05, 4.69) is 10.0 Å². The van der Waals surface area contributed by atoms with Crippen LogP contribution in [0.25, 0.3) is 5.69 Å². The lowest BCUT2D eigenvalue weighted by Crippen LogP contribution is -2.35. The van der Waals surface area contributed by atoms with Crippen molar-refractivity contribution < 1.29 is 22.7 Å². The molecule has 1 unspecified atom stereocenters. The van der Waals surface area contributed by atoms with Crippen LogP contribution < -0.4 is 14.8 Å². The van der Waals surface area contributed by atoms with Gasteiger partial charge < -0.3 is 19.4 Å². The number of amides is 1. The van der Waals surface area contributed by atoms with Crippen LogP contribution in [0.15, 0.2) is 65.8 Å². The van der Waals surface area contributed by atoms with E-state index in [1.165, 1.54) is 44.6 Å². The number of benzene rings is 2. The van der Waals surface area contributed by atoms with Gasteiger partial charge in [-0.2, -0.15) is 0 Å². The maximum Gasteiger partial charge on any atom is 0.259 e. The molecule has 2 N–H and O–H groups in total. The molecule has 0 aliphatic carbocycles. The predicted molar refractivity (Wildman–Crippen MR) is 123 cm³/mol. The fourth-order valence-corrected chi connectivity index (χ4v) is 4.60. The van der Waals surface area contributed by atoms with Crippen molar-refractivity contribution >= 4 is 33.2 Å². The summed E-state index contributed by atoms with van der Waals surface area (Å²) in [5.74, 6) is -0.0867. The Balaban J connectivity index is 1.78. The Morgan fingerprint density at radius 3 is 2.38 bits per heavy atom. The minimum absolute atomic E-state index is 0.0788. The number of carbonyl (C=O) groups excluding carboxylic acids is 1. The lowest BCUT2D eigenvalue weighted by molar-refractivity contribution is 0.102. The van der Waals surface area contributed by atoms with Gasteiger partial charge in [-0.15, -0.1) is 0 Å². The molecule has 1 amide bonds. The van der Waals surface area contributed by atoms with Gasteiger partial charge >= 0.3 is 0 Å². The summed E-state index contributed by atoms with van der Waals surface area (Å²) in [6, 6.07) is 12.4. The first-order chi connectivity index (χ1) is 15.2. The molecule has 10 heteroatoms. The second-order valence-corrected chi connectivity index (χ2v) is 9.17. The Bertz CT molecular complexity index is 1180. The van der Waals surface area contributed by atoms with E-state index in [0.29, 0.717) is 22.1 Å². The number of rotatable bonds is 9. The predicted octanol–water partition coefficient (Wildman–Crippen LogP) is 3.70. The zero-order valence-electron chi connectivity index (χ0n) is 17.8. The Morgan fingerprint density at radius 2 is 1.78 bits per heavy atom. The Kier molecular flexibility index (Phi) is 7.57. The third-order valence-corrected chi connectivity index (χ3v) is 6.50. The number of sulfonamides is 1.